The minimum absolute atomic E-state index is 0.00486. The van der Waals surface area contributed by atoms with Gasteiger partial charge in [-0.05, 0) is 31.2 Å². The van der Waals surface area contributed by atoms with Gasteiger partial charge in [0.15, 0.2) is 0 Å². The molecule has 3 rings (SSSR count). The molecule has 0 radical (unpaired) electrons. The third-order valence-corrected chi connectivity index (χ3v) is 5.49. The fourth-order valence-electron chi connectivity index (χ4n) is 3.88. The molecular weight excluding hydrogens is 328 g/mol. The molecule has 0 bridgehead atoms. The van der Waals surface area contributed by atoms with Gasteiger partial charge in [-0.2, -0.15) is 0 Å². The summed E-state index contributed by atoms with van der Waals surface area (Å²) in [5.74, 6) is -0.157. The van der Waals surface area contributed by atoms with Crippen LogP contribution in [0.2, 0.25) is 0 Å². The van der Waals surface area contributed by atoms with Gasteiger partial charge in [-0.25, -0.2) is 4.79 Å². The molecule has 1 heterocycles. The molecule has 6 heteroatoms. The van der Waals surface area contributed by atoms with E-state index in [1.807, 2.05) is 30.3 Å². The van der Waals surface area contributed by atoms with E-state index >= 15 is 0 Å². The molecule has 6 nitrogen and oxygen atoms in total. The molecule has 3 amide bonds. The molecule has 2 unspecified atom stereocenters. The molecular formula is C20H30N4O2. The molecule has 0 aromatic heterocycles. The van der Waals surface area contributed by atoms with Crippen LogP contribution >= 0.6 is 0 Å². The van der Waals surface area contributed by atoms with Gasteiger partial charge in [0.1, 0.15) is 0 Å². The van der Waals surface area contributed by atoms with E-state index in [1.165, 1.54) is 12.8 Å². The zero-order valence-corrected chi connectivity index (χ0v) is 15.3. The van der Waals surface area contributed by atoms with Crippen LogP contribution in [0, 0.1) is 5.92 Å². The standard InChI is InChI=1S/C20H30N4O2/c21-18(15-7-2-1-3-8-15)13-22-19(25)16-9-6-12-24(14-16)20(26)23-17-10-4-5-11-17/h1-3,7-8,16-18H,4-6,9-14,21H2,(H,22,25)(H,23,26). The highest BCUT2D eigenvalue weighted by Gasteiger charge is 2.29. The van der Waals surface area contributed by atoms with Gasteiger partial charge in [0, 0.05) is 31.7 Å². The first kappa shape index (κ1) is 18.7. The number of piperidine rings is 1. The minimum atomic E-state index is -0.217. The van der Waals surface area contributed by atoms with Crippen LogP contribution in [0.15, 0.2) is 30.3 Å². The van der Waals surface area contributed by atoms with Gasteiger partial charge in [0.25, 0.3) is 0 Å². The third-order valence-electron chi connectivity index (χ3n) is 5.49. The largest absolute Gasteiger partial charge is 0.354 e. The quantitative estimate of drug-likeness (QED) is 0.754. The van der Waals surface area contributed by atoms with Gasteiger partial charge >= 0.3 is 6.03 Å². The first-order valence-corrected chi connectivity index (χ1v) is 9.77. The zero-order valence-electron chi connectivity index (χ0n) is 15.3. The van der Waals surface area contributed by atoms with Crippen molar-refractivity contribution in [2.24, 2.45) is 11.7 Å². The zero-order chi connectivity index (χ0) is 18.4. The van der Waals surface area contributed by atoms with E-state index in [-0.39, 0.29) is 23.9 Å². The van der Waals surface area contributed by atoms with Gasteiger partial charge in [0.2, 0.25) is 5.91 Å². The highest BCUT2D eigenvalue weighted by Crippen LogP contribution is 2.20. The Morgan fingerprint density at radius 2 is 1.85 bits per heavy atom. The number of hydrogen-bond acceptors (Lipinski definition) is 3. The van der Waals surface area contributed by atoms with Crippen LogP contribution < -0.4 is 16.4 Å². The monoisotopic (exact) mass is 358 g/mol. The summed E-state index contributed by atoms with van der Waals surface area (Å²) in [6.07, 6.45) is 6.21. The average Bonchev–Trinajstić information content (AvgIpc) is 3.19. The summed E-state index contributed by atoms with van der Waals surface area (Å²) in [5, 5.41) is 6.08. The number of carbonyl (C=O) groups excluding carboxylic acids is 2. The second-order valence-corrected chi connectivity index (χ2v) is 7.48. The Morgan fingerprint density at radius 3 is 2.58 bits per heavy atom. The summed E-state index contributed by atoms with van der Waals surface area (Å²) in [5.41, 5.74) is 7.16. The smallest absolute Gasteiger partial charge is 0.317 e. The fraction of sp³-hybridized carbons (Fsp3) is 0.600. The number of amides is 3. The van der Waals surface area contributed by atoms with Crippen molar-refractivity contribution in [3.8, 4) is 0 Å². The van der Waals surface area contributed by atoms with Crippen LogP contribution in [0.3, 0.4) is 0 Å². The molecule has 1 aliphatic heterocycles. The number of rotatable bonds is 5. The number of nitrogens with zero attached hydrogens (tertiary/aromatic N) is 1. The normalized spacial score (nSPS) is 22.0. The lowest BCUT2D eigenvalue weighted by Gasteiger charge is -2.33. The third kappa shape index (κ3) is 4.97. The van der Waals surface area contributed by atoms with Crippen LogP contribution in [0.1, 0.15) is 50.1 Å². The lowest BCUT2D eigenvalue weighted by Crippen LogP contribution is -2.51. The summed E-state index contributed by atoms with van der Waals surface area (Å²) >= 11 is 0. The maximum absolute atomic E-state index is 12.5. The summed E-state index contributed by atoms with van der Waals surface area (Å²) in [7, 11) is 0. The number of benzene rings is 1. The van der Waals surface area contributed by atoms with Gasteiger partial charge in [-0.15, -0.1) is 0 Å². The number of hydrogen-bond donors (Lipinski definition) is 3. The maximum atomic E-state index is 12.5. The number of urea groups is 1. The van der Waals surface area contributed by atoms with E-state index in [2.05, 4.69) is 10.6 Å². The Labute approximate surface area is 155 Å². The fourth-order valence-corrected chi connectivity index (χ4v) is 3.88. The molecule has 0 spiro atoms. The molecule has 2 atom stereocenters. The van der Waals surface area contributed by atoms with Crippen LogP contribution in [-0.2, 0) is 4.79 Å². The van der Waals surface area contributed by atoms with Crippen molar-refractivity contribution < 1.29 is 9.59 Å². The number of nitrogens with one attached hydrogen (secondary N) is 2. The van der Waals surface area contributed by atoms with Crippen molar-refractivity contribution >= 4 is 11.9 Å². The van der Waals surface area contributed by atoms with E-state index in [9.17, 15) is 9.59 Å². The Bertz CT molecular complexity index is 601. The lowest BCUT2D eigenvalue weighted by atomic mass is 9.97. The molecule has 1 aliphatic carbocycles. The van der Waals surface area contributed by atoms with E-state index in [0.717, 1.165) is 37.8 Å². The highest BCUT2D eigenvalue weighted by molar-refractivity contribution is 5.81. The maximum Gasteiger partial charge on any atom is 0.317 e. The number of carbonyl (C=O) groups is 2. The van der Waals surface area contributed by atoms with E-state index in [1.54, 1.807) is 4.90 Å². The van der Waals surface area contributed by atoms with Crippen molar-refractivity contribution in [3.05, 3.63) is 35.9 Å². The molecule has 1 aromatic carbocycles. The molecule has 4 N–H and O–H groups in total. The van der Waals surface area contributed by atoms with Gasteiger partial charge < -0.3 is 21.3 Å². The van der Waals surface area contributed by atoms with Crippen LogP contribution in [0.5, 0.6) is 0 Å². The Hall–Kier alpha value is -2.08. The van der Waals surface area contributed by atoms with Crippen LogP contribution in [-0.4, -0.2) is 42.5 Å². The SMILES string of the molecule is NC(CNC(=O)C1CCCN(C(=O)NC2CCCC2)C1)c1ccccc1. The summed E-state index contributed by atoms with van der Waals surface area (Å²) in [6, 6.07) is 9.83. The second-order valence-electron chi connectivity index (χ2n) is 7.48. The molecule has 1 saturated heterocycles. The summed E-state index contributed by atoms with van der Waals surface area (Å²) in [6.45, 7) is 1.63. The van der Waals surface area contributed by atoms with Crippen molar-refractivity contribution in [3.63, 3.8) is 0 Å². The molecule has 142 valence electrons. The second kappa shape index (κ2) is 9.03. The van der Waals surface area contributed by atoms with Crippen LogP contribution in [0.25, 0.3) is 0 Å². The predicted molar refractivity (Wildman–Crippen MR) is 101 cm³/mol. The van der Waals surface area contributed by atoms with Crippen molar-refractivity contribution in [2.75, 3.05) is 19.6 Å². The number of nitrogens with two attached hydrogens (primary N) is 1. The minimum Gasteiger partial charge on any atom is -0.354 e. The molecule has 1 aromatic rings. The Kier molecular flexibility index (Phi) is 6.50. The van der Waals surface area contributed by atoms with Gasteiger partial charge in [-0.1, -0.05) is 43.2 Å². The van der Waals surface area contributed by atoms with Gasteiger partial charge in [0.05, 0.1) is 5.92 Å². The Morgan fingerprint density at radius 1 is 1.12 bits per heavy atom. The lowest BCUT2D eigenvalue weighted by molar-refractivity contribution is -0.126. The topological polar surface area (TPSA) is 87.5 Å². The van der Waals surface area contributed by atoms with Crippen LogP contribution in [0.4, 0.5) is 4.79 Å². The molecule has 1 saturated carbocycles. The highest BCUT2D eigenvalue weighted by atomic mass is 16.2. The molecule has 26 heavy (non-hydrogen) atoms. The van der Waals surface area contributed by atoms with E-state index < -0.39 is 0 Å². The van der Waals surface area contributed by atoms with E-state index in [0.29, 0.717) is 19.1 Å². The van der Waals surface area contributed by atoms with Crippen molar-refractivity contribution in [1.29, 1.82) is 0 Å². The molecule has 2 aliphatic rings. The average molecular weight is 358 g/mol. The van der Waals surface area contributed by atoms with E-state index in [4.69, 9.17) is 5.73 Å². The summed E-state index contributed by atoms with van der Waals surface area (Å²) in [4.78, 5) is 26.8. The first-order chi connectivity index (χ1) is 12.6. The number of likely N-dealkylation sites (tertiary alicyclic amines) is 1. The van der Waals surface area contributed by atoms with Crippen molar-refractivity contribution in [1.82, 2.24) is 15.5 Å². The van der Waals surface area contributed by atoms with Gasteiger partial charge in [-0.3, -0.25) is 4.79 Å². The molecule has 2 fully saturated rings. The predicted octanol–water partition coefficient (Wildman–Crippen LogP) is 2.17. The first-order valence-electron chi connectivity index (χ1n) is 9.77. The Balaban J connectivity index is 1.45. The van der Waals surface area contributed by atoms with Crippen molar-refractivity contribution in [2.45, 2.75) is 50.6 Å². The summed E-state index contributed by atoms with van der Waals surface area (Å²) < 4.78 is 0.